The van der Waals surface area contributed by atoms with Crippen LogP contribution < -0.4 is 11.2 Å². The minimum absolute atomic E-state index is 0.0208. The molecular formula is C19H17IN2O5. The summed E-state index contributed by atoms with van der Waals surface area (Å²) in [6.07, 6.45) is -0.369. The average Bonchev–Trinajstić information content (AvgIpc) is 2.99. The molecule has 140 valence electrons. The number of fused-ring (bicyclic) bond motifs is 3. The second-order valence-electron chi connectivity index (χ2n) is 6.11. The van der Waals surface area contributed by atoms with Gasteiger partial charge in [0.2, 0.25) is 5.91 Å². The Labute approximate surface area is 169 Å². The lowest BCUT2D eigenvalue weighted by Crippen LogP contribution is -2.43. The van der Waals surface area contributed by atoms with E-state index in [2.05, 4.69) is 8.65 Å². The van der Waals surface area contributed by atoms with Gasteiger partial charge in [-0.25, -0.2) is 7.96 Å². The summed E-state index contributed by atoms with van der Waals surface area (Å²) >= 11 is 1.49. The highest BCUT2D eigenvalue weighted by molar-refractivity contribution is 14.1. The number of carbonyl (C=O) groups is 3. The summed E-state index contributed by atoms with van der Waals surface area (Å²) in [5, 5.41) is 0. The van der Waals surface area contributed by atoms with Gasteiger partial charge in [0.15, 0.2) is 0 Å². The molecule has 1 aliphatic rings. The molecule has 0 aromatic heterocycles. The first kappa shape index (κ1) is 19.5. The van der Waals surface area contributed by atoms with Gasteiger partial charge >= 0.3 is 5.97 Å². The Morgan fingerprint density at radius 3 is 2.11 bits per heavy atom. The van der Waals surface area contributed by atoms with Crippen LogP contribution in [0.1, 0.15) is 23.5 Å². The van der Waals surface area contributed by atoms with E-state index in [0.717, 1.165) is 22.3 Å². The Balaban J connectivity index is 1.73. The molecule has 8 heteroatoms. The van der Waals surface area contributed by atoms with Gasteiger partial charge in [-0.3, -0.25) is 9.59 Å². The largest absolute Gasteiger partial charge is 0.459 e. The second-order valence-corrected chi connectivity index (χ2v) is 6.55. The van der Waals surface area contributed by atoms with E-state index in [1.54, 1.807) is 0 Å². The van der Waals surface area contributed by atoms with Crippen molar-refractivity contribution in [2.75, 3.05) is 6.61 Å². The standard InChI is InChI=1S/C19H17IN2O5/c20-27-22-16(9-17(21)23)18(24)19(25)26-10-15-13-7-3-1-5-11(13)12-6-2-4-8-14(12)15/h1-8,15-16,22H,9-10H2,(H2,21,23)/t16-/m0/s1. The van der Waals surface area contributed by atoms with E-state index in [0.29, 0.717) is 0 Å². The number of nitrogens with one attached hydrogen (secondary N) is 1. The molecule has 1 amide bonds. The monoisotopic (exact) mass is 480 g/mol. The first-order valence-corrected chi connectivity index (χ1v) is 9.11. The number of benzene rings is 2. The summed E-state index contributed by atoms with van der Waals surface area (Å²) in [5.41, 5.74) is 11.7. The number of amides is 1. The maximum absolute atomic E-state index is 12.2. The van der Waals surface area contributed by atoms with Crippen LogP contribution in [0.25, 0.3) is 11.1 Å². The summed E-state index contributed by atoms with van der Waals surface area (Å²) in [5.74, 6) is -2.84. The molecule has 0 aliphatic heterocycles. The number of halogens is 1. The summed E-state index contributed by atoms with van der Waals surface area (Å²) in [6, 6.07) is 14.6. The molecule has 2 aromatic carbocycles. The zero-order valence-electron chi connectivity index (χ0n) is 14.2. The molecule has 0 heterocycles. The highest BCUT2D eigenvalue weighted by Gasteiger charge is 2.32. The van der Waals surface area contributed by atoms with Crippen molar-refractivity contribution in [3.05, 3.63) is 59.7 Å². The van der Waals surface area contributed by atoms with E-state index >= 15 is 0 Å². The maximum Gasteiger partial charge on any atom is 0.376 e. The summed E-state index contributed by atoms with van der Waals surface area (Å²) < 4.78 is 9.90. The van der Waals surface area contributed by atoms with Crippen molar-refractivity contribution in [2.24, 2.45) is 5.73 Å². The van der Waals surface area contributed by atoms with Crippen molar-refractivity contribution in [1.29, 1.82) is 0 Å². The van der Waals surface area contributed by atoms with Crippen molar-refractivity contribution in [3.8, 4) is 11.1 Å². The number of rotatable bonds is 8. The van der Waals surface area contributed by atoms with Crippen LogP contribution in [0, 0.1) is 0 Å². The molecule has 0 fully saturated rings. The molecule has 0 radical (unpaired) electrons. The molecule has 0 spiro atoms. The van der Waals surface area contributed by atoms with Crippen LogP contribution in [0.3, 0.4) is 0 Å². The van der Waals surface area contributed by atoms with Gasteiger partial charge in [0.05, 0.1) is 6.42 Å². The predicted octanol–water partition coefficient (Wildman–Crippen LogP) is 2.03. The Hall–Kier alpha value is -2.30. The lowest BCUT2D eigenvalue weighted by Gasteiger charge is -2.16. The predicted molar refractivity (Wildman–Crippen MR) is 106 cm³/mol. The lowest BCUT2D eigenvalue weighted by atomic mass is 9.98. The number of esters is 1. The third-order valence-electron chi connectivity index (χ3n) is 4.45. The number of hydrogen-bond acceptors (Lipinski definition) is 6. The molecule has 0 saturated carbocycles. The topological polar surface area (TPSA) is 108 Å². The normalized spacial score (nSPS) is 13.5. The molecule has 7 nitrogen and oxygen atoms in total. The van der Waals surface area contributed by atoms with Crippen molar-refractivity contribution in [3.63, 3.8) is 0 Å². The molecule has 2 aromatic rings. The minimum atomic E-state index is -1.19. The van der Waals surface area contributed by atoms with Gasteiger partial charge in [0, 0.05) is 5.92 Å². The molecule has 0 saturated heterocycles. The third-order valence-corrected chi connectivity index (χ3v) is 4.71. The molecular weight excluding hydrogens is 463 g/mol. The highest BCUT2D eigenvalue weighted by Crippen LogP contribution is 2.44. The molecule has 0 unspecified atom stereocenters. The van der Waals surface area contributed by atoms with Crippen LogP contribution in [0.15, 0.2) is 48.5 Å². The van der Waals surface area contributed by atoms with Gasteiger partial charge in [0.25, 0.3) is 5.78 Å². The Bertz CT molecular complexity index is 840. The number of ether oxygens (including phenoxy) is 1. The van der Waals surface area contributed by atoms with Crippen LogP contribution in [0.4, 0.5) is 0 Å². The maximum atomic E-state index is 12.2. The van der Waals surface area contributed by atoms with Crippen LogP contribution in [0.5, 0.6) is 0 Å². The molecule has 1 aliphatic carbocycles. The Morgan fingerprint density at radius 1 is 1.04 bits per heavy atom. The Morgan fingerprint density at radius 2 is 1.59 bits per heavy atom. The highest BCUT2D eigenvalue weighted by atomic mass is 127. The van der Waals surface area contributed by atoms with Crippen molar-refractivity contribution in [2.45, 2.75) is 18.4 Å². The van der Waals surface area contributed by atoms with Gasteiger partial charge in [-0.05, 0) is 22.3 Å². The number of Topliss-reactive ketones (excluding diaryl/α,β-unsaturated/α-hetero) is 1. The van der Waals surface area contributed by atoms with Crippen LogP contribution in [-0.2, 0) is 22.3 Å². The SMILES string of the molecule is NC(=O)C[C@H](NOI)C(=O)C(=O)OCC1c2ccccc2-c2ccccc21. The number of hydrogen-bond donors (Lipinski definition) is 2. The number of hydroxylamine groups is 1. The zero-order valence-corrected chi connectivity index (χ0v) is 16.3. The summed E-state index contributed by atoms with van der Waals surface area (Å²) in [4.78, 5) is 35.5. The summed E-state index contributed by atoms with van der Waals surface area (Å²) in [6.45, 7) is 0.0208. The number of ketones is 1. The first-order chi connectivity index (χ1) is 13.0. The van der Waals surface area contributed by atoms with E-state index in [1.165, 1.54) is 23.0 Å². The van der Waals surface area contributed by atoms with Crippen molar-refractivity contribution >= 4 is 40.7 Å². The van der Waals surface area contributed by atoms with Crippen molar-refractivity contribution in [1.82, 2.24) is 5.48 Å². The molecule has 3 N–H and O–H groups in total. The summed E-state index contributed by atoms with van der Waals surface area (Å²) in [7, 11) is 0. The fourth-order valence-electron chi connectivity index (χ4n) is 3.25. The first-order valence-electron chi connectivity index (χ1n) is 8.23. The number of nitrogens with two attached hydrogens (primary N) is 1. The van der Waals surface area contributed by atoms with E-state index in [9.17, 15) is 14.4 Å². The lowest BCUT2D eigenvalue weighted by molar-refractivity contribution is -0.156. The van der Waals surface area contributed by atoms with E-state index < -0.39 is 23.7 Å². The van der Waals surface area contributed by atoms with Crippen LogP contribution >= 0.6 is 23.0 Å². The molecule has 3 rings (SSSR count). The van der Waals surface area contributed by atoms with Crippen LogP contribution in [0.2, 0.25) is 0 Å². The van der Waals surface area contributed by atoms with E-state index in [-0.39, 0.29) is 18.9 Å². The smallest absolute Gasteiger partial charge is 0.376 e. The Kier molecular flexibility index (Phi) is 6.19. The number of primary amides is 1. The zero-order chi connectivity index (χ0) is 19.4. The molecule has 0 bridgehead atoms. The van der Waals surface area contributed by atoms with Crippen LogP contribution in [-0.4, -0.2) is 30.3 Å². The van der Waals surface area contributed by atoms with Gasteiger partial charge in [-0.2, -0.15) is 5.48 Å². The van der Waals surface area contributed by atoms with Gasteiger partial charge in [-0.15, -0.1) is 0 Å². The van der Waals surface area contributed by atoms with Crippen molar-refractivity contribution < 1.29 is 22.3 Å². The van der Waals surface area contributed by atoms with E-state index in [1.807, 2.05) is 48.5 Å². The minimum Gasteiger partial charge on any atom is -0.459 e. The molecule has 1 atom stereocenters. The van der Waals surface area contributed by atoms with Gasteiger partial charge < -0.3 is 10.5 Å². The number of carbonyl (C=O) groups excluding carboxylic acids is 3. The van der Waals surface area contributed by atoms with Gasteiger partial charge in [0.1, 0.15) is 35.7 Å². The third kappa shape index (κ3) is 4.18. The molecule has 27 heavy (non-hydrogen) atoms. The van der Waals surface area contributed by atoms with Gasteiger partial charge in [-0.1, -0.05) is 48.5 Å². The quantitative estimate of drug-likeness (QED) is 0.259. The second kappa shape index (κ2) is 8.59. The van der Waals surface area contributed by atoms with E-state index in [4.69, 9.17) is 10.5 Å². The fraction of sp³-hybridized carbons (Fsp3) is 0.211. The fourth-order valence-corrected chi connectivity index (χ4v) is 3.56. The average molecular weight is 480 g/mol.